The number of benzene rings is 4. The van der Waals surface area contributed by atoms with Gasteiger partial charge in [0.25, 0.3) is 5.91 Å². The first-order valence-electron chi connectivity index (χ1n) is 16.5. The maximum absolute atomic E-state index is 14.7. The Bertz CT molecular complexity index is 1850. The number of carboxylic acids is 1. The minimum atomic E-state index is -0.954. The number of carbonyl (C=O) groups is 2. The highest BCUT2D eigenvalue weighted by atomic mass is 16.5. The van der Waals surface area contributed by atoms with E-state index in [4.69, 9.17) is 9.72 Å². The number of imidazole rings is 1. The quantitative estimate of drug-likeness (QED) is 0.223. The number of rotatable bonds is 9. The van der Waals surface area contributed by atoms with Crippen molar-refractivity contribution in [2.75, 3.05) is 50.8 Å². The maximum atomic E-state index is 14.7. The van der Waals surface area contributed by atoms with E-state index in [0.717, 1.165) is 54.4 Å². The molecule has 7 rings (SSSR count). The van der Waals surface area contributed by atoms with Gasteiger partial charge in [-0.05, 0) is 47.9 Å². The van der Waals surface area contributed by atoms with E-state index < -0.39 is 5.97 Å². The smallest absolute Gasteiger partial charge is 0.335 e. The predicted molar refractivity (Wildman–Crippen MR) is 186 cm³/mol. The van der Waals surface area contributed by atoms with Gasteiger partial charge in [0.2, 0.25) is 0 Å². The summed E-state index contributed by atoms with van der Waals surface area (Å²) < 4.78 is 7.60. The van der Waals surface area contributed by atoms with Crippen molar-refractivity contribution in [3.63, 3.8) is 0 Å². The molecular formula is C39H39N5O4. The molecule has 48 heavy (non-hydrogen) atoms. The van der Waals surface area contributed by atoms with E-state index in [1.165, 1.54) is 5.56 Å². The van der Waals surface area contributed by atoms with Crippen molar-refractivity contribution in [3.8, 4) is 16.9 Å². The molecule has 2 saturated heterocycles. The van der Waals surface area contributed by atoms with Crippen LogP contribution in [0.4, 0.5) is 5.69 Å². The Balaban J connectivity index is 1.22. The number of aromatic nitrogens is 2. The fourth-order valence-electron chi connectivity index (χ4n) is 6.77. The lowest BCUT2D eigenvalue weighted by atomic mass is 9.99. The Hall–Kier alpha value is -5.25. The number of carboxylic acid groups (broad SMARTS) is 1. The van der Waals surface area contributed by atoms with E-state index in [0.29, 0.717) is 38.4 Å². The minimum Gasteiger partial charge on any atom is -0.478 e. The number of carbonyl (C=O) groups excluding carboxylic acids is 1. The summed E-state index contributed by atoms with van der Waals surface area (Å²) in [5.74, 6) is -1.06. The zero-order valence-corrected chi connectivity index (χ0v) is 26.8. The van der Waals surface area contributed by atoms with Crippen LogP contribution in [0, 0.1) is 0 Å². The van der Waals surface area contributed by atoms with Crippen LogP contribution in [-0.2, 0) is 17.7 Å². The topological polar surface area (TPSA) is 91.1 Å². The first-order valence-corrected chi connectivity index (χ1v) is 16.5. The number of morpholine rings is 1. The second-order valence-electron chi connectivity index (χ2n) is 12.4. The Labute approximate surface area is 280 Å². The molecule has 2 aliphatic rings. The van der Waals surface area contributed by atoms with Crippen molar-refractivity contribution >= 4 is 17.6 Å². The summed E-state index contributed by atoms with van der Waals surface area (Å²) in [4.78, 5) is 37.7. The van der Waals surface area contributed by atoms with Gasteiger partial charge in [0, 0.05) is 62.2 Å². The fraction of sp³-hybridized carbons (Fsp3) is 0.256. The lowest BCUT2D eigenvalue weighted by Gasteiger charge is -2.41. The van der Waals surface area contributed by atoms with Crippen molar-refractivity contribution in [2.24, 2.45) is 0 Å². The third-order valence-corrected chi connectivity index (χ3v) is 9.25. The molecule has 4 aromatic carbocycles. The van der Waals surface area contributed by atoms with Crippen molar-refractivity contribution in [2.45, 2.75) is 19.0 Å². The number of amides is 1. The Morgan fingerprint density at radius 2 is 1.48 bits per heavy atom. The zero-order valence-electron chi connectivity index (χ0n) is 26.8. The van der Waals surface area contributed by atoms with Crippen LogP contribution in [0.25, 0.3) is 16.9 Å². The lowest BCUT2D eigenvalue weighted by Crippen LogP contribution is -2.55. The van der Waals surface area contributed by atoms with Crippen LogP contribution >= 0.6 is 0 Å². The number of hydrogen-bond donors (Lipinski definition) is 1. The van der Waals surface area contributed by atoms with Crippen molar-refractivity contribution in [1.82, 2.24) is 19.4 Å². The molecule has 0 radical (unpaired) electrons. The standard InChI is InChI=1S/C39H39N5O4/c45-38(43-19-18-41(26-30-8-3-1-4-9-30)27-35(43)24-29-14-16-32(17-15-29)39(46)47)36-37(31-10-5-2-6-11-31)44(28-40-36)34-13-7-12-33(25-34)42-20-22-48-23-21-42/h1-17,25,28,35H,18-24,26-27H2,(H,46,47). The zero-order chi connectivity index (χ0) is 32.9. The molecule has 244 valence electrons. The lowest BCUT2D eigenvalue weighted by molar-refractivity contribution is 0.0434. The predicted octanol–water partition coefficient (Wildman–Crippen LogP) is 5.64. The van der Waals surface area contributed by atoms with Gasteiger partial charge in [-0.15, -0.1) is 0 Å². The summed E-state index contributed by atoms with van der Waals surface area (Å²) in [5.41, 5.74) is 6.60. The Morgan fingerprint density at radius 3 is 2.21 bits per heavy atom. The van der Waals surface area contributed by atoms with Crippen LogP contribution in [-0.4, -0.2) is 88.3 Å². The van der Waals surface area contributed by atoms with E-state index in [-0.39, 0.29) is 17.5 Å². The van der Waals surface area contributed by atoms with Crippen molar-refractivity contribution in [1.29, 1.82) is 0 Å². The normalized spacial score (nSPS) is 17.0. The first kappa shape index (κ1) is 31.4. The fourth-order valence-corrected chi connectivity index (χ4v) is 6.77. The third kappa shape index (κ3) is 6.88. The summed E-state index contributed by atoms with van der Waals surface area (Å²) in [6.45, 7) is 5.83. The van der Waals surface area contributed by atoms with Crippen molar-refractivity contribution < 1.29 is 19.4 Å². The van der Waals surface area contributed by atoms with Gasteiger partial charge >= 0.3 is 5.97 Å². The molecule has 1 aromatic heterocycles. The van der Waals surface area contributed by atoms with Crippen LogP contribution in [0.5, 0.6) is 0 Å². The summed E-state index contributed by atoms with van der Waals surface area (Å²) >= 11 is 0. The minimum absolute atomic E-state index is 0.108. The molecule has 2 aliphatic heterocycles. The molecule has 2 fully saturated rings. The van der Waals surface area contributed by atoms with Gasteiger partial charge in [-0.25, -0.2) is 9.78 Å². The van der Waals surface area contributed by atoms with Crippen LogP contribution in [0.3, 0.4) is 0 Å². The molecule has 9 nitrogen and oxygen atoms in total. The summed E-state index contributed by atoms with van der Waals surface area (Å²) in [5, 5.41) is 9.42. The number of aromatic carboxylic acids is 1. The number of ether oxygens (including phenoxy) is 1. The maximum Gasteiger partial charge on any atom is 0.335 e. The summed E-state index contributed by atoms with van der Waals surface area (Å²) in [7, 11) is 0. The Morgan fingerprint density at radius 1 is 0.771 bits per heavy atom. The average Bonchev–Trinajstić information content (AvgIpc) is 3.58. The molecule has 3 heterocycles. The molecule has 1 unspecified atom stereocenters. The van der Waals surface area contributed by atoms with Crippen LogP contribution in [0.1, 0.15) is 32.0 Å². The first-order chi connectivity index (χ1) is 23.5. The van der Waals surface area contributed by atoms with Crippen LogP contribution in [0.2, 0.25) is 0 Å². The second-order valence-corrected chi connectivity index (χ2v) is 12.4. The molecule has 0 spiro atoms. The monoisotopic (exact) mass is 641 g/mol. The highest BCUT2D eigenvalue weighted by Gasteiger charge is 2.34. The van der Waals surface area contributed by atoms with E-state index in [1.807, 2.05) is 64.1 Å². The molecule has 0 saturated carbocycles. The van der Waals surface area contributed by atoms with Crippen LogP contribution in [0.15, 0.2) is 116 Å². The molecule has 1 atom stereocenters. The van der Waals surface area contributed by atoms with E-state index in [2.05, 4.69) is 52.3 Å². The van der Waals surface area contributed by atoms with Gasteiger partial charge < -0.3 is 19.6 Å². The van der Waals surface area contributed by atoms with Gasteiger partial charge in [0.05, 0.1) is 24.5 Å². The average molecular weight is 642 g/mol. The summed E-state index contributed by atoms with van der Waals surface area (Å²) in [6.07, 6.45) is 2.36. The number of anilines is 1. The molecule has 9 heteroatoms. The van der Waals surface area contributed by atoms with Gasteiger partial charge in [0.15, 0.2) is 5.69 Å². The third-order valence-electron chi connectivity index (χ3n) is 9.25. The molecule has 0 bridgehead atoms. The van der Waals surface area contributed by atoms with Gasteiger partial charge in [-0.2, -0.15) is 0 Å². The molecule has 5 aromatic rings. The van der Waals surface area contributed by atoms with Gasteiger partial charge in [-0.1, -0.05) is 78.9 Å². The largest absolute Gasteiger partial charge is 0.478 e. The van der Waals surface area contributed by atoms with Crippen molar-refractivity contribution in [3.05, 3.63) is 138 Å². The van der Waals surface area contributed by atoms with Crippen LogP contribution < -0.4 is 4.90 Å². The molecule has 1 amide bonds. The van der Waals surface area contributed by atoms with Gasteiger partial charge in [-0.3, -0.25) is 14.3 Å². The van der Waals surface area contributed by atoms with Gasteiger partial charge in [0.1, 0.15) is 6.33 Å². The van der Waals surface area contributed by atoms with E-state index >= 15 is 0 Å². The molecular weight excluding hydrogens is 602 g/mol. The number of piperazine rings is 1. The van der Waals surface area contributed by atoms with E-state index in [1.54, 1.807) is 18.5 Å². The molecule has 0 aliphatic carbocycles. The Kier molecular flexibility index (Phi) is 9.31. The molecule has 1 N–H and O–H groups in total. The number of nitrogens with zero attached hydrogens (tertiary/aromatic N) is 5. The van der Waals surface area contributed by atoms with E-state index in [9.17, 15) is 14.7 Å². The second kappa shape index (κ2) is 14.3. The summed E-state index contributed by atoms with van der Waals surface area (Å²) in [6, 6.07) is 35.6. The number of hydrogen-bond acceptors (Lipinski definition) is 6. The highest BCUT2D eigenvalue weighted by Crippen LogP contribution is 2.31. The SMILES string of the molecule is O=C(O)c1ccc(CC2CN(Cc3ccccc3)CCN2C(=O)c2ncn(-c3cccc(N4CCOCC4)c3)c2-c2ccccc2)cc1. The highest BCUT2D eigenvalue weighted by molar-refractivity contribution is 5.99.